The molecule has 2 unspecified atom stereocenters. The number of rotatable bonds is 6. The smallest absolute Gasteiger partial charge is 0.397 e. The number of hydrogen-bond donors (Lipinski definition) is 2. The Bertz CT molecular complexity index is 928. The van der Waals surface area contributed by atoms with Crippen molar-refractivity contribution in [2.24, 2.45) is 4.99 Å². The number of alkyl halides is 3. The standard InChI is InChI=1S/C24H26F3NO3.C2H6O/c1-16-22(30-2)13-21(29)23(31-16)15-28-14-19-10-7-17(8-11-19)6-9-18-4-3-5-20(12-18)24(25,26)27;1-2-3/h3-12,14,16,21-23,29H,13,15H2,1-2H3;3H,2H2,1H3/b9-6+,28-14?;/t16-,21+,22?,23?;/m0./s1. The van der Waals surface area contributed by atoms with Gasteiger partial charge in [-0.3, -0.25) is 4.99 Å². The molecule has 2 N–H and O–H groups in total. The van der Waals surface area contributed by atoms with Gasteiger partial charge in [-0.05, 0) is 42.7 Å². The highest BCUT2D eigenvalue weighted by atomic mass is 19.4. The minimum absolute atomic E-state index is 0.100. The zero-order chi connectivity index (χ0) is 25.1. The Morgan fingerprint density at radius 1 is 1.09 bits per heavy atom. The molecule has 2 aromatic rings. The maximum Gasteiger partial charge on any atom is 0.416 e. The number of aliphatic hydroxyl groups excluding tert-OH is 2. The third kappa shape index (κ3) is 8.68. The molecule has 0 bridgehead atoms. The van der Waals surface area contributed by atoms with Crippen molar-refractivity contribution in [1.29, 1.82) is 0 Å². The van der Waals surface area contributed by atoms with Gasteiger partial charge in [0.25, 0.3) is 0 Å². The number of hydrogen-bond acceptors (Lipinski definition) is 5. The summed E-state index contributed by atoms with van der Waals surface area (Å²) >= 11 is 0. The van der Waals surface area contributed by atoms with Crippen LogP contribution in [0.1, 0.15) is 42.5 Å². The van der Waals surface area contributed by atoms with Gasteiger partial charge in [0.05, 0.1) is 30.4 Å². The lowest BCUT2D eigenvalue weighted by atomic mass is 9.99. The van der Waals surface area contributed by atoms with Crippen molar-refractivity contribution in [3.8, 4) is 0 Å². The Balaban J connectivity index is 0.00000129. The predicted molar refractivity (Wildman–Crippen MR) is 128 cm³/mol. The monoisotopic (exact) mass is 479 g/mol. The molecular formula is C26H32F3NO4. The van der Waals surface area contributed by atoms with E-state index in [1.807, 2.05) is 31.2 Å². The first-order valence-electron chi connectivity index (χ1n) is 11.1. The first kappa shape index (κ1) is 27.7. The van der Waals surface area contributed by atoms with Crippen molar-refractivity contribution in [3.63, 3.8) is 0 Å². The van der Waals surface area contributed by atoms with Crippen LogP contribution in [0.25, 0.3) is 12.2 Å². The van der Waals surface area contributed by atoms with E-state index < -0.39 is 17.8 Å². The van der Waals surface area contributed by atoms with E-state index in [1.54, 1.807) is 38.5 Å². The lowest BCUT2D eigenvalue weighted by Crippen LogP contribution is -2.47. The largest absolute Gasteiger partial charge is 0.416 e. The van der Waals surface area contributed by atoms with Crippen LogP contribution in [0.5, 0.6) is 0 Å². The van der Waals surface area contributed by atoms with Crippen LogP contribution in [-0.2, 0) is 15.7 Å². The van der Waals surface area contributed by atoms with E-state index in [-0.39, 0.29) is 24.9 Å². The average molecular weight is 480 g/mol. The average Bonchev–Trinajstić information content (AvgIpc) is 2.80. The van der Waals surface area contributed by atoms with Gasteiger partial charge in [-0.2, -0.15) is 13.2 Å². The van der Waals surface area contributed by atoms with Crippen LogP contribution in [0.15, 0.2) is 53.5 Å². The lowest BCUT2D eigenvalue weighted by molar-refractivity contribution is -0.166. The van der Waals surface area contributed by atoms with Gasteiger partial charge in [-0.15, -0.1) is 0 Å². The Morgan fingerprint density at radius 3 is 2.32 bits per heavy atom. The van der Waals surface area contributed by atoms with E-state index in [4.69, 9.17) is 14.6 Å². The van der Waals surface area contributed by atoms with Crippen LogP contribution in [0.3, 0.4) is 0 Å². The summed E-state index contributed by atoms with van der Waals surface area (Å²) in [5.74, 6) is 0. The molecule has 0 amide bonds. The van der Waals surface area contributed by atoms with E-state index in [2.05, 4.69) is 4.99 Å². The van der Waals surface area contributed by atoms with Gasteiger partial charge < -0.3 is 19.7 Å². The van der Waals surface area contributed by atoms with Gasteiger partial charge in [-0.25, -0.2) is 0 Å². The van der Waals surface area contributed by atoms with Crippen molar-refractivity contribution in [2.45, 2.75) is 50.9 Å². The van der Waals surface area contributed by atoms with Gasteiger partial charge in [-0.1, -0.05) is 48.6 Å². The van der Waals surface area contributed by atoms with Crippen molar-refractivity contribution in [3.05, 3.63) is 70.8 Å². The summed E-state index contributed by atoms with van der Waals surface area (Å²) in [5.41, 5.74) is 1.56. The van der Waals surface area contributed by atoms with Crippen molar-refractivity contribution >= 4 is 18.4 Å². The van der Waals surface area contributed by atoms with Crippen LogP contribution >= 0.6 is 0 Å². The molecule has 0 aliphatic carbocycles. The molecule has 0 aromatic heterocycles. The zero-order valence-electron chi connectivity index (χ0n) is 19.6. The first-order chi connectivity index (χ1) is 16.2. The molecular weight excluding hydrogens is 447 g/mol. The molecule has 34 heavy (non-hydrogen) atoms. The molecule has 1 aliphatic rings. The summed E-state index contributed by atoms with van der Waals surface area (Å²) in [4.78, 5) is 4.38. The Kier molecular flexibility index (Phi) is 10.9. The first-order valence-corrected chi connectivity index (χ1v) is 11.1. The Hall–Kier alpha value is -2.52. The zero-order valence-corrected chi connectivity index (χ0v) is 19.6. The molecule has 5 nitrogen and oxygen atoms in total. The number of methoxy groups -OCH3 is 1. The summed E-state index contributed by atoms with van der Waals surface area (Å²) in [6.45, 7) is 4.20. The summed E-state index contributed by atoms with van der Waals surface area (Å²) in [6.07, 6.45) is 0.0730. The highest BCUT2D eigenvalue weighted by Gasteiger charge is 2.34. The van der Waals surface area contributed by atoms with Crippen molar-refractivity contribution < 1.29 is 32.9 Å². The summed E-state index contributed by atoms with van der Waals surface area (Å²) in [5, 5.41) is 17.8. The molecule has 3 rings (SSSR count). The molecule has 8 heteroatoms. The molecule has 186 valence electrons. The highest BCUT2D eigenvalue weighted by Crippen LogP contribution is 2.30. The fourth-order valence-electron chi connectivity index (χ4n) is 3.45. The predicted octanol–water partition coefficient (Wildman–Crippen LogP) is 4.85. The number of benzene rings is 2. The molecule has 0 saturated carbocycles. The van der Waals surface area contributed by atoms with Crippen molar-refractivity contribution in [1.82, 2.24) is 0 Å². The topological polar surface area (TPSA) is 71.3 Å². The van der Waals surface area contributed by atoms with Gasteiger partial charge in [0, 0.05) is 26.4 Å². The van der Waals surface area contributed by atoms with Crippen molar-refractivity contribution in [2.75, 3.05) is 20.3 Å². The number of nitrogens with zero attached hydrogens (tertiary/aromatic N) is 1. The summed E-state index contributed by atoms with van der Waals surface area (Å²) < 4.78 is 49.5. The number of aliphatic hydroxyl groups is 2. The second-order valence-corrected chi connectivity index (χ2v) is 7.89. The normalized spacial score (nSPS) is 23.2. The Labute approximate surface area is 198 Å². The van der Waals surface area contributed by atoms with Crippen LogP contribution in [0, 0.1) is 0 Å². The van der Waals surface area contributed by atoms with E-state index in [0.29, 0.717) is 18.5 Å². The van der Waals surface area contributed by atoms with Gasteiger partial charge in [0.1, 0.15) is 6.10 Å². The van der Waals surface area contributed by atoms with E-state index in [0.717, 1.165) is 23.3 Å². The number of ether oxygens (including phenoxy) is 2. The third-order valence-electron chi connectivity index (χ3n) is 5.26. The fourth-order valence-corrected chi connectivity index (χ4v) is 3.45. The molecule has 1 aliphatic heterocycles. The van der Waals surface area contributed by atoms with Crippen LogP contribution < -0.4 is 0 Å². The second kappa shape index (κ2) is 13.4. The van der Waals surface area contributed by atoms with Crippen LogP contribution in [-0.4, -0.2) is 61.1 Å². The molecule has 1 heterocycles. The molecule has 2 aromatic carbocycles. The van der Waals surface area contributed by atoms with Crippen LogP contribution in [0.2, 0.25) is 0 Å². The van der Waals surface area contributed by atoms with E-state index in [9.17, 15) is 18.3 Å². The molecule has 1 saturated heterocycles. The van der Waals surface area contributed by atoms with E-state index >= 15 is 0 Å². The van der Waals surface area contributed by atoms with Gasteiger partial charge in [0.2, 0.25) is 0 Å². The fraction of sp³-hybridized carbons (Fsp3) is 0.423. The minimum Gasteiger partial charge on any atom is -0.397 e. The third-order valence-corrected chi connectivity index (χ3v) is 5.26. The SMILES string of the molecule is CCO.COC1C[C@@H](O)C(CN=Cc2ccc(/C=C/c3cccc(C(F)(F)F)c3)cc2)O[C@H]1C. The summed E-state index contributed by atoms with van der Waals surface area (Å²) in [6, 6.07) is 12.7. The Morgan fingerprint density at radius 2 is 1.71 bits per heavy atom. The maximum absolute atomic E-state index is 12.8. The lowest BCUT2D eigenvalue weighted by Gasteiger charge is -2.36. The van der Waals surface area contributed by atoms with Gasteiger partial charge in [0.15, 0.2) is 0 Å². The van der Waals surface area contributed by atoms with E-state index in [1.165, 1.54) is 6.07 Å². The molecule has 0 radical (unpaired) electrons. The number of aliphatic imine (C=N–C) groups is 1. The minimum atomic E-state index is -4.35. The maximum atomic E-state index is 12.8. The quantitative estimate of drug-likeness (QED) is 0.459. The van der Waals surface area contributed by atoms with Crippen LogP contribution in [0.4, 0.5) is 13.2 Å². The second-order valence-electron chi connectivity index (χ2n) is 7.89. The van der Waals surface area contributed by atoms with Gasteiger partial charge >= 0.3 is 6.18 Å². The summed E-state index contributed by atoms with van der Waals surface area (Å²) in [7, 11) is 1.61. The highest BCUT2D eigenvalue weighted by molar-refractivity contribution is 5.80. The molecule has 1 fully saturated rings. The number of halogens is 3. The molecule has 0 spiro atoms. The molecule has 4 atom stereocenters.